The molecule has 0 radical (unpaired) electrons. The van der Waals surface area contributed by atoms with Gasteiger partial charge in [0.2, 0.25) is 0 Å². The second-order valence-electron chi connectivity index (χ2n) is 1.75. The van der Waals surface area contributed by atoms with E-state index in [2.05, 4.69) is 0 Å². The molecule has 1 aromatic carbocycles. The zero-order valence-corrected chi connectivity index (χ0v) is 6.82. The van der Waals surface area contributed by atoms with Gasteiger partial charge in [0, 0.05) is 4.90 Å². The van der Waals surface area contributed by atoms with Crippen LogP contribution in [0.5, 0.6) is 5.75 Å². The fourth-order valence-electron chi connectivity index (χ4n) is 0.605. The molecule has 0 aliphatic rings. The first-order valence-corrected chi connectivity index (χ1v) is 4.33. The summed E-state index contributed by atoms with van der Waals surface area (Å²) in [6.45, 7) is 0. The molecule has 0 saturated heterocycles. The third-order valence-electron chi connectivity index (χ3n) is 1.06. The first-order valence-electron chi connectivity index (χ1n) is 2.81. The number of aromatic hydroxyl groups is 1. The molecule has 3 heteroatoms. The number of phenols is 1. The van der Waals surface area contributed by atoms with Gasteiger partial charge in [-0.1, -0.05) is 0 Å². The van der Waals surface area contributed by atoms with Crippen LogP contribution in [0.3, 0.4) is 0 Å². The summed E-state index contributed by atoms with van der Waals surface area (Å²) in [5.41, 5.74) is 0. The van der Waals surface area contributed by atoms with E-state index in [1.165, 1.54) is 11.8 Å². The Labute approximate surface area is 69.0 Å². The molecule has 1 rings (SSSR count). The van der Waals surface area contributed by atoms with Crippen molar-refractivity contribution in [2.75, 3.05) is 5.21 Å². The molecule has 0 spiro atoms. The molecule has 0 aliphatic carbocycles. The van der Waals surface area contributed by atoms with Crippen LogP contribution in [0.1, 0.15) is 0 Å². The minimum atomic E-state index is 0.291. The van der Waals surface area contributed by atoms with Crippen molar-refractivity contribution in [2.24, 2.45) is 0 Å². The van der Waals surface area contributed by atoms with Crippen LogP contribution in [0.2, 0.25) is 0 Å². The summed E-state index contributed by atoms with van der Waals surface area (Å²) in [5, 5.41) is 9.43. The Bertz CT molecular complexity index is 197. The van der Waals surface area contributed by atoms with Gasteiger partial charge in [-0.3, -0.25) is 0 Å². The highest BCUT2D eigenvalue weighted by molar-refractivity contribution is 8.00. The summed E-state index contributed by atoms with van der Waals surface area (Å²) in [4.78, 5) is 1.08. The number of hydrogen-bond donors (Lipinski definition) is 1. The summed E-state index contributed by atoms with van der Waals surface area (Å²) in [7, 11) is 0. The fourth-order valence-corrected chi connectivity index (χ4v) is 1.44. The van der Waals surface area contributed by atoms with Gasteiger partial charge in [-0.2, -0.15) is 0 Å². The van der Waals surface area contributed by atoms with Crippen molar-refractivity contribution in [3.8, 4) is 5.75 Å². The summed E-state index contributed by atoms with van der Waals surface area (Å²) in [6, 6.07) is 6.97. The highest BCUT2D eigenvalue weighted by atomic mass is 35.5. The average Bonchev–Trinajstić information content (AvgIpc) is 1.95. The molecule has 0 aromatic heterocycles. The highest BCUT2D eigenvalue weighted by Crippen LogP contribution is 2.20. The molecular formula is C7H7ClOS. The van der Waals surface area contributed by atoms with Gasteiger partial charge in [0.15, 0.2) is 0 Å². The molecule has 0 heterocycles. The number of benzene rings is 1. The molecule has 0 atom stereocenters. The van der Waals surface area contributed by atoms with Gasteiger partial charge in [-0.25, -0.2) is 0 Å². The van der Waals surface area contributed by atoms with Crippen molar-refractivity contribution in [3.05, 3.63) is 24.3 Å². The Kier molecular flexibility index (Phi) is 2.90. The number of rotatable bonds is 2. The van der Waals surface area contributed by atoms with E-state index in [0.29, 0.717) is 11.0 Å². The molecule has 0 amide bonds. The van der Waals surface area contributed by atoms with Crippen molar-refractivity contribution in [2.45, 2.75) is 4.90 Å². The fraction of sp³-hybridized carbons (Fsp3) is 0.143. The van der Waals surface area contributed by atoms with E-state index in [0.717, 1.165) is 4.90 Å². The molecule has 54 valence electrons. The third-order valence-corrected chi connectivity index (χ3v) is 2.10. The second-order valence-corrected chi connectivity index (χ2v) is 3.38. The van der Waals surface area contributed by atoms with Gasteiger partial charge in [0.1, 0.15) is 5.75 Å². The molecule has 0 saturated carbocycles. The highest BCUT2D eigenvalue weighted by Gasteiger charge is 1.90. The topological polar surface area (TPSA) is 20.2 Å². The van der Waals surface area contributed by atoms with Crippen LogP contribution in [0, 0.1) is 0 Å². The van der Waals surface area contributed by atoms with Crippen LogP contribution >= 0.6 is 23.4 Å². The summed E-state index contributed by atoms with van der Waals surface area (Å²) < 4.78 is 0. The van der Waals surface area contributed by atoms with Gasteiger partial charge in [-0.05, 0) is 24.3 Å². The lowest BCUT2D eigenvalue weighted by molar-refractivity contribution is 0.475. The van der Waals surface area contributed by atoms with Crippen LogP contribution in [0.25, 0.3) is 0 Å². The minimum absolute atomic E-state index is 0.291. The van der Waals surface area contributed by atoms with Gasteiger partial charge >= 0.3 is 0 Å². The Morgan fingerprint density at radius 1 is 1.30 bits per heavy atom. The molecule has 0 aliphatic heterocycles. The lowest BCUT2D eigenvalue weighted by Gasteiger charge is -1.95. The maximum atomic E-state index is 8.88. The maximum absolute atomic E-state index is 8.88. The van der Waals surface area contributed by atoms with Crippen LogP contribution in [0.15, 0.2) is 29.2 Å². The van der Waals surface area contributed by atoms with E-state index in [4.69, 9.17) is 16.7 Å². The van der Waals surface area contributed by atoms with E-state index >= 15 is 0 Å². The molecular weight excluding hydrogens is 168 g/mol. The first-order chi connectivity index (χ1) is 4.83. The monoisotopic (exact) mass is 174 g/mol. The van der Waals surface area contributed by atoms with Gasteiger partial charge in [0.25, 0.3) is 0 Å². The van der Waals surface area contributed by atoms with E-state index < -0.39 is 0 Å². The van der Waals surface area contributed by atoms with Crippen LogP contribution < -0.4 is 0 Å². The predicted molar refractivity (Wildman–Crippen MR) is 44.7 cm³/mol. The molecule has 1 nitrogen and oxygen atoms in total. The van der Waals surface area contributed by atoms with Crippen LogP contribution in [-0.4, -0.2) is 10.3 Å². The van der Waals surface area contributed by atoms with Crippen molar-refractivity contribution < 1.29 is 5.11 Å². The average molecular weight is 175 g/mol. The minimum Gasteiger partial charge on any atom is -0.508 e. The molecule has 1 aromatic rings. The largest absolute Gasteiger partial charge is 0.508 e. The zero-order chi connectivity index (χ0) is 7.40. The molecule has 0 bridgehead atoms. The molecule has 0 unspecified atom stereocenters. The number of phenolic OH excluding ortho intramolecular Hbond substituents is 1. The Hall–Kier alpha value is -0.340. The molecule has 1 N–H and O–H groups in total. The lowest BCUT2D eigenvalue weighted by Crippen LogP contribution is -1.68. The van der Waals surface area contributed by atoms with Crippen molar-refractivity contribution >= 4 is 23.4 Å². The normalized spacial score (nSPS) is 9.70. The number of thioether (sulfide) groups is 1. The first kappa shape index (κ1) is 7.76. The Balaban J connectivity index is 2.69. The Morgan fingerprint density at radius 2 is 1.90 bits per heavy atom. The summed E-state index contributed by atoms with van der Waals surface area (Å²) in [6.07, 6.45) is 0. The predicted octanol–water partition coefficient (Wildman–Crippen LogP) is 2.68. The van der Waals surface area contributed by atoms with Crippen molar-refractivity contribution in [1.29, 1.82) is 0 Å². The number of halogens is 1. The maximum Gasteiger partial charge on any atom is 0.115 e. The van der Waals surface area contributed by atoms with Crippen LogP contribution in [0.4, 0.5) is 0 Å². The molecule has 10 heavy (non-hydrogen) atoms. The molecule has 0 fully saturated rings. The summed E-state index contributed by atoms with van der Waals surface area (Å²) >= 11 is 7.01. The Morgan fingerprint density at radius 3 is 2.40 bits per heavy atom. The lowest BCUT2D eigenvalue weighted by atomic mass is 10.3. The van der Waals surface area contributed by atoms with E-state index in [-0.39, 0.29) is 0 Å². The van der Waals surface area contributed by atoms with Gasteiger partial charge < -0.3 is 5.11 Å². The number of hydrogen-bond acceptors (Lipinski definition) is 2. The summed E-state index contributed by atoms with van der Waals surface area (Å²) in [5.74, 6) is 0.291. The third kappa shape index (κ3) is 2.12. The smallest absolute Gasteiger partial charge is 0.115 e. The SMILES string of the molecule is Oc1ccc(SCCl)cc1. The van der Waals surface area contributed by atoms with Crippen molar-refractivity contribution in [1.82, 2.24) is 0 Å². The van der Waals surface area contributed by atoms with Crippen LogP contribution in [-0.2, 0) is 0 Å². The van der Waals surface area contributed by atoms with Gasteiger partial charge in [0.05, 0.1) is 5.21 Å². The number of alkyl halides is 1. The van der Waals surface area contributed by atoms with E-state index in [1.54, 1.807) is 12.1 Å². The van der Waals surface area contributed by atoms with Gasteiger partial charge in [-0.15, -0.1) is 23.4 Å². The van der Waals surface area contributed by atoms with Crippen molar-refractivity contribution in [3.63, 3.8) is 0 Å². The standard InChI is InChI=1S/C7H7ClOS/c8-5-10-7-3-1-6(9)2-4-7/h1-4,9H,5H2. The zero-order valence-electron chi connectivity index (χ0n) is 5.25. The quantitative estimate of drug-likeness (QED) is 0.550. The van der Waals surface area contributed by atoms with E-state index in [9.17, 15) is 0 Å². The van der Waals surface area contributed by atoms with E-state index in [1.807, 2.05) is 12.1 Å². The second kappa shape index (κ2) is 3.74.